The van der Waals surface area contributed by atoms with Gasteiger partial charge in [-0.05, 0) is 32.3 Å². The van der Waals surface area contributed by atoms with Crippen molar-refractivity contribution in [1.82, 2.24) is 9.47 Å². The molecule has 5 heteroatoms. The van der Waals surface area contributed by atoms with E-state index in [-0.39, 0.29) is 23.6 Å². The van der Waals surface area contributed by atoms with Crippen LogP contribution in [0.5, 0.6) is 0 Å². The highest BCUT2D eigenvalue weighted by Crippen LogP contribution is 2.32. The number of hydrogen-bond donors (Lipinski definition) is 0. The molecule has 1 saturated heterocycles. The number of likely N-dealkylation sites (tertiary alicyclic amines) is 1. The third-order valence-corrected chi connectivity index (χ3v) is 4.39. The van der Waals surface area contributed by atoms with Crippen LogP contribution in [0.2, 0.25) is 0 Å². The maximum absolute atomic E-state index is 12.4. The van der Waals surface area contributed by atoms with Crippen molar-refractivity contribution in [2.75, 3.05) is 7.05 Å². The first-order valence-corrected chi connectivity index (χ1v) is 7.05. The molecule has 106 valence electrons. The van der Waals surface area contributed by atoms with Crippen LogP contribution in [-0.2, 0) is 16.0 Å². The van der Waals surface area contributed by atoms with E-state index in [1.807, 2.05) is 17.6 Å². The molecule has 1 aromatic heterocycles. The van der Waals surface area contributed by atoms with Crippen molar-refractivity contribution in [1.29, 1.82) is 0 Å². The van der Waals surface area contributed by atoms with Crippen LogP contribution in [0.3, 0.4) is 0 Å². The van der Waals surface area contributed by atoms with Crippen LogP contribution in [0, 0.1) is 6.92 Å². The Morgan fingerprint density at radius 3 is 2.65 bits per heavy atom. The fraction of sp³-hybridized carbons (Fsp3) is 0.533. The van der Waals surface area contributed by atoms with Crippen LogP contribution in [-0.4, -0.2) is 34.1 Å². The molecule has 2 amide bonds. The number of ketones is 1. The van der Waals surface area contributed by atoms with Gasteiger partial charge >= 0.3 is 0 Å². The number of hydrogen-bond acceptors (Lipinski definition) is 3. The van der Waals surface area contributed by atoms with Gasteiger partial charge in [0.25, 0.3) is 5.91 Å². The van der Waals surface area contributed by atoms with Gasteiger partial charge < -0.3 is 4.57 Å². The van der Waals surface area contributed by atoms with Crippen molar-refractivity contribution >= 4 is 17.6 Å². The molecule has 0 N–H and O–H groups in total. The number of aryl methyl sites for hydroxylation is 1. The highest BCUT2D eigenvalue weighted by molar-refractivity contribution is 6.01. The van der Waals surface area contributed by atoms with E-state index in [4.69, 9.17) is 0 Å². The largest absolute Gasteiger partial charge is 0.336 e. The van der Waals surface area contributed by atoms with Gasteiger partial charge in [-0.15, -0.1) is 0 Å². The Morgan fingerprint density at radius 1 is 1.15 bits per heavy atom. The van der Waals surface area contributed by atoms with Crippen LogP contribution in [0.4, 0.5) is 0 Å². The minimum absolute atomic E-state index is 0.124. The number of likely N-dealkylation sites (N-methyl/N-ethyl adjacent to an activating group) is 1. The number of amides is 2. The van der Waals surface area contributed by atoms with Crippen LogP contribution in [0.15, 0.2) is 6.07 Å². The maximum Gasteiger partial charge on any atom is 0.251 e. The number of carbonyl (C=O) groups excluding carboxylic acids is 3. The molecule has 1 unspecified atom stereocenters. The highest BCUT2D eigenvalue weighted by atomic mass is 16.2. The van der Waals surface area contributed by atoms with Gasteiger partial charge in [-0.3, -0.25) is 19.3 Å². The summed E-state index contributed by atoms with van der Waals surface area (Å²) >= 11 is 0. The summed E-state index contributed by atoms with van der Waals surface area (Å²) in [5, 5.41) is 0. The van der Waals surface area contributed by atoms with E-state index in [1.165, 1.54) is 11.9 Å². The quantitative estimate of drug-likeness (QED) is 0.731. The minimum Gasteiger partial charge on any atom is -0.336 e. The Morgan fingerprint density at radius 2 is 1.90 bits per heavy atom. The topological polar surface area (TPSA) is 59.4 Å². The lowest BCUT2D eigenvalue weighted by molar-refractivity contribution is -0.149. The van der Waals surface area contributed by atoms with E-state index < -0.39 is 0 Å². The van der Waals surface area contributed by atoms with Crippen LogP contribution in [0.1, 0.15) is 53.5 Å². The lowest BCUT2D eigenvalue weighted by Crippen LogP contribution is -2.43. The summed E-state index contributed by atoms with van der Waals surface area (Å²) in [5.41, 5.74) is 2.67. The van der Waals surface area contributed by atoms with Crippen molar-refractivity contribution < 1.29 is 14.4 Å². The van der Waals surface area contributed by atoms with Crippen LogP contribution < -0.4 is 0 Å². The van der Waals surface area contributed by atoms with Crippen LogP contribution in [0.25, 0.3) is 0 Å². The van der Waals surface area contributed by atoms with E-state index >= 15 is 0 Å². The average molecular weight is 274 g/mol. The predicted molar refractivity (Wildman–Crippen MR) is 72.5 cm³/mol. The Hall–Kier alpha value is -1.91. The summed E-state index contributed by atoms with van der Waals surface area (Å²) in [6.45, 7) is 1.93. The second-order valence-corrected chi connectivity index (χ2v) is 5.64. The standard InChI is InChI=1S/C15H18N2O3/c1-9-8-10-11(4-3-5-13(10)18)17(9)12-6-7-14(19)16(2)15(12)20/h8,12H,3-7H2,1-2H3. The molecule has 2 aliphatic rings. The Bertz CT molecular complexity index is 615. The van der Waals surface area contributed by atoms with Gasteiger partial charge in [0, 0.05) is 36.8 Å². The van der Waals surface area contributed by atoms with Crippen LogP contribution >= 0.6 is 0 Å². The summed E-state index contributed by atoms with van der Waals surface area (Å²) in [4.78, 5) is 37.1. The van der Waals surface area contributed by atoms with Gasteiger partial charge in [-0.25, -0.2) is 0 Å². The molecule has 1 aliphatic carbocycles. The second-order valence-electron chi connectivity index (χ2n) is 5.64. The zero-order valence-electron chi connectivity index (χ0n) is 11.8. The van der Waals surface area contributed by atoms with Gasteiger partial charge in [0.1, 0.15) is 6.04 Å². The SMILES string of the molecule is Cc1cc2c(n1C1CCC(=O)N(C)C1=O)CCCC2=O. The number of imide groups is 1. The Kier molecular flexibility index (Phi) is 3.00. The first-order chi connectivity index (χ1) is 9.50. The van der Waals surface area contributed by atoms with E-state index in [1.54, 1.807) is 0 Å². The summed E-state index contributed by atoms with van der Waals surface area (Å²) in [6.07, 6.45) is 3.17. The molecule has 0 spiro atoms. The highest BCUT2D eigenvalue weighted by Gasteiger charge is 2.36. The third-order valence-electron chi connectivity index (χ3n) is 4.39. The molecule has 1 aliphatic heterocycles. The third kappa shape index (κ3) is 1.80. The van der Waals surface area contributed by atoms with E-state index in [9.17, 15) is 14.4 Å². The molecule has 5 nitrogen and oxygen atoms in total. The van der Waals surface area contributed by atoms with Gasteiger partial charge in [0.2, 0.25) is 5.91 Å². The Labute approximate surface area is 117 Å². The fourth-order valence-electron chi connectivity index (χ4n) is 3.32. The molecule has 0 radical (unpaired) electrons. The van der Waals surface area contributed by atoms with E-state index in [2.05, 4.69) is 0 Å². The summed E-state index contributed by atoms with van der Waals surface area (Å²) in [7, 11) is 1.53. The van der Waals surface area contributed by atoms with Gasteiger partial charge in [-0.1, -0.05) is 0 Å². The van der Waals surface area contributed by atoms with Gasteiger partial charge in [0.15, 0.2) is 5.78 Å². The van der Waals surface area contributed by atoms with Crippen molar-refractivity contribution in [3.63, 3.8) is 0 Å². The van der Waals surface area contributed by atoms with Crippen molar-refractivity contribution in [2.45, 2.75) is 45.1 Å². The van der Waals surface area contributed by atoms with Crippen molar-refractivity contribution in [3.8, 4) is 0 Å². The molecule has 1 fully saturated rings. The number of carbonyl (C=O) groups is 3. The maximum atomic E-state index is 12.4. The number of nitrogens with zero attached hydrogens (tertiary/aromatic N) is 2. The van der Waals surface area contributed by atoms with Crippen molar-refractivity contribution in [2.24, 2.45) is 0 Å². The number of fused-ring (bicyclic) bond motifs is 1. The molecule has 0 saturated carbocycles. The molecule has 3 rings (SSSR count). The zero-order chi connectivity index (χ0) is 14.4. The summed E-state index contributed by atoms with van der Waals surface area (Å²) < 4.78 is 1.98. The molecule has 2 heterocycles. The monoisotopic (exact) mass is 274 g/mol. The summed E-state index contributed by atoms with van der Waals surface area (Å²) in [6, 6.07) is 1.55. The number of piperidine rings is 1. The molecule has 20 heavy (non-hydrogen) atoms. The van der Waals surface area contributed by atoms with Gasteiger partial charge in [0.05, 0.1) is 0 Å². The minimum atomic E-state index is -0.340. The molecule has 0 bridgehead atoms. The lowest BCUT2D eigenvalue weighted by Gasteiger charge is -2.31. The van der Waals surface area contributed by atoms with Gasteiger partial charge in [-0.2, -0.15) is 0 Å². The molecule has 1 atom stereocenters. The smallest absolute Gasteiger partial charge is 0.251 e. The molecular formula is C15H18N2O3. The lowest BCUT2D eigenvalue weighted by atomic mass is 9.96. The first-order valence-electron chi connectivity index (χ1n) is 7.05. The first kappa shape index (κ1) is 13.1. The Balaban J connectivity index is 2.05. The zero-order valence-corrected chi connectivity index (χ0v) is 11.8. The average Bonchev–Trinajstić information content (AvgIpc) is 2.75. The van der Waals surface area contributed by atoms with E-state index in [0.29, 0.717) is 19.3 Å². The molecule has 0 aromatic carbocycles. The predicted octanol–water partition coefficient (Wildman–Crippen LogP) is 1.64. The normalized spacial score (nSPS) is 23.2. The van der Waals surface area contributed by atoms with E-state index in [0.717, 1.165) is 29.8 Å². The number of aromatic nitrogens is 1. The molecule has 1 aromatic rings. The fourth-order valence-corrected chi connectivity index (χ4v) is 3.32. The number of rotatable bonds is 1. The van der Waals surface area contributed by atoms with Crippen molar-refractivity contribution in [3.05, 3.63) is 23.0 Å². The molecular weight excluding hydrogens is 256 g/mol. The second kappa shape index (κ2) is 4.58. The summed E-state index contributed by atoms with van der Waals surface area (Å²) in [5.74, 6) is -0.123. The number of Topliss-reactive ketones (excluding diaryl/α,β-unsaturated/α-hetero) is 1.